The Morgan fingerprint density at radius 2 is 2.19 bits per heavy atom. The summed E-state index contributed by atoms with van der Waals surface area (Å²) in [5.74, 6) is 6.00. The fraction of sp³-hybridized carbons (Fsp3) is 0.917. The summed E-state index contributed by atoms with van der Waals surface area (Å²) in [5, 5.41) is 0. The van der Waals surface area contributed by atoms with E-state index in [2.05, 4.69) is 24.2 Å². The molecule has 0 aromatic heterocycles. The minimum atomic E-state index is -0.0411. The predicted molar refractivity (Wildman–Crippen MR) is 65.6 cm³/mol. The third-order valence-electron chi connectivity index (χ3n) is 3.57. The lowest BCUT2D eigenvalue weighted by Gasteiger charge is -2.35. The van der Waals surface area contributed by atoms with Crippen molar-refractivity contribution in [2.45, 2.75) is 52.0 Å². The van der Waals surface area contributed by atoms with Gasteiger partial charge >= 0.3 is 0 Å². The molecule has 1 saturated carbocycles. The number of nitrogens with one attached hydrogen (secondary N) is 1. The molecular weight excluding hydrogens is 202 g/mol. The Morgan fingerprint density at radius 3 is 2.56 bits per heavy atom. The summed E-state index contributed by atoms with van der Waals surface area (Å²) in [4.78, 5) is 14.0. The van der Waals surface area contributed by atoms with Gasteiger partial charge in [0, 0.05) is 6.54 Å². The highest BCUT2D eigenvalue weighted by Crippen LogP contribution is 2.28. The lowest BCUT2D eigenvalue weighted by molar-refractivity contribution is -0.127. The van der Waals surface area contributed by atoms with Gasteiger partial charge in [0.1, 0.15) is 0 Å². The molecule has 1 rings (SSSR count). The van der Waals surface area contributed by atoms with Crippen LogP contribution in [0.15, 0.2) is 0 Å². The van der Waals surface area contributed by atoms with Crippen LogP contribution in [0.2, 0.25) is 0 Å². The van der Waals surface area contributed by atoms with Gasteiger partial charge in [-0.15, -0.1) is 0 Å². The molecule has 1 unspecified atom stereocenters. The molecule has 4 nitrogen and oxygen atoms in total. The molecule has 1 amide bonds. The van der Waals surface area contributed by atoms with Crippen molar-refractivity contribution in [2.24, 2.45) is 11.8 Å². The van der Waals surface area contributed by atoms with E-state index in [4.69, 9.17) is 5.84 Å². The molecule has 0 radical (unpaired) electrons. The molecule has 3 N–H and O–H groups in total. The molecule has 1 aliphatic rings. The summed E-state index contributed by atoms with van der Waals surface area (Å²) < 4.78 is 0. The first kappa shape index (κ1) is 13.5. The van der Waals surface area contributed by atoms with Crippen LogP contribution in [0, 0.1) is 5.92 Å². The molecule has 0 saturated heterocycles. The van der Waals surface area contributed by atoms with E-state index in [-0.39, 0.29) is 11.9 Å². The minimum absolute atomic E-state index is 0.0389. The first-order valence-corrected chi connectivity index (χ1v) is 6.47. The monoisotopic (exact) mass is 227 g/mol. The molecule has 1 fully saturated rings. The molecule has 0 aromatic rings. The minimum Gasteiger partial charge on any atom is -0.293 e. The number of hydrogen-bond acceptors (Lipinski definition) is 3. The maximum absolute atomic E-state index is 11.7. The zero-order valence-electron chi connectivity index (χ0n) is 10.5. The molecule has 94 valence electrons. The number of amides is 1. The third kappa shape index (κ3) is 3.46. The quantitative estimate of drug-likeness (QED) is 0.391. The molecule has 0 bridgehead atoms. The number of nitrogens with two attached hydrogens (primary N) is 1. The second-order valence-corrected chi connectivity index (χ2v) is 4.70. The van der Waals surface area contributed by atoms with Gasteiger partial charge in [-0.1, -0.05) is 26.7 Å². The first-order chi connectivity index (χ1) is 7.72. The summed E-state index contributed by atoms with van der Waals surface area (Å²) in [6.45, 7) is 6.20. The summed E-state index contributed by atoms with van der Waals surface area (Å²) in [5.41, 5.74) is 2.29. The van der Waals surface area contributed by atoms with Gasteiger partial charge in [0.05, 0.1) is 6.04 Å². The van der Waals surface area contributed by atoms with Crippen molar-refractivity contribution >= 4 is 5.91 Å². The molecule has 16 heavy (non-hydrogen) atoms. The van der Waals surface area contributed by atoms with Crippen molar-refractivity contribution in [3.8, 4) is 0 Å². The van der Waals surface area contributed by atoms with Crippen LogP contribution in [0.25, 0.3) is 0 Å². The highest BCUT2D eigenvalue weighted by Gasteiger charge is 2.27. The van der Waals surface area contributed by atoms with Gasteiger partial charge in [-0.3, -0.25) is 15.1 Å². The summed E-state index contributed by atoms with van der Waals surface area (Å²) in [7, 11) is 0. The van der Waals surface area contributed by atoms with E-state index in [0.717, 1.165) is 31.8 Å². The predicted octanol–water partition coefficient (Wildman–Crippen LogP) is 1.27. The topological polar surface area (TPSA) is 58.4 Å². The number of likely N-dealkylation sites (N-methyl/N-ethyl adjacent to an activating group) is 1. The zero-order valence-corrected chi connectivity index (χ0v) is 10.5. The standard InChI is InChI=1S/C12H25N3O/c1-3-6-11(12(16)14-13)15(4-2)9-10-7-5-8-10/h10-11H,3-9,13H2,1-2H3,(H,14,16). The molecular formula is C12H25N3O. The number of rotatable bonds is 7. The Morgan fingerprint density at radius 1 is 1.50 bits per heavy atom. The van der Waals surface area contributed by atoms with Gasteiger partial charge in [-0.05, 0) is 31.7 Å². The maximum Gasteiger partial charge on any atom is 0.251 e. The first-order valence-electron chi connectivity index (χ1n) is 6.47. The molecule has 1 atom stereocenters. The Kier molecular flexibility index (Phi) is 5.77. The molecule has 4 heteroatoms. The average molecular weight is 227 g/mol. The van der Waals surface area contributed by atoms with E-state index in [1.54, 1.807) is 0 Å². The average Bonchev–Trinajstić information content (AvgIpc) is 2.25. The number of carbonyl (C=O) groups is 1. The van der Waals surface area contributed by atoms with E-state index in [0.29, 0.717) is 0 Å². The van der Waals surface area contributed by atoms with Gasteiger partial charge in [0.25, 0.3) is 5.91 Å². The fourth-order valence-corrected chi connectivity index (χ4v) is 2.33. The van der Waals surface area contributed by atoms with E-state index >= 15 is 0 Å². The number of carbonyl (C=O) groups excluding carboxylic acids is 1. The lowest BCUT2D eigenvalue weighted by Crippen LogP contribution is -2.50. The van der Waals surface area contributed by atoms with Crippen molar-refractivity contribution < 1.29 is 4.79 Å². The van der Waals surface area contributed by atoms with E-state index < -0.39 is 0 Å². The van der Waals surface area contributed by atoms with Crippen LogP contribution in [0.1, 0.15) is 46.0 Å². The molecule has 1 aliphatic carbocycles. The number of hydrogen-bond donors (Lipinski definition) is 2. The van der Waals surface area contributed by atoms with Gasteiger partial charge in [-0.2, -0.15) is 0 Å². The van der Waals surface area contributed by atoms with E-state index in [1.165, 1.54) is 19.3 Å². The molecule has 0 aromatic carbocycles. The Labute approximate surface area is 98.5 Å². The van der Waals surface area contributed by atoms with Crippen LogP contribution in [-0.4, -0.2) is 29.9 Å². The van der Waals surface area contributed by atoms with Crippen molar-refractivity contribution in [3.05, 3.63) is 0 Å². The second-order valence-electron chi connectivity index (χ2n) is 4.70. The molecule has 0 spiro atoms. The van der Waals surface area contributed by atoms with Gasteiger partial charge < -0.3 is 0 Å². The van der Waals surface area contributed by atoms with Crippen molar-refractivity contribution in [3.63, 3.8) is 0 Å². The molecule has 0 heterocycles. The Hall–Kier alpha value is -0.610. The Balaban J connectivity index is 2.52. The maximum atomic E-state index is 11.7. The second kappa shape index (κ2) is 6.86. The largest absolute Gasteiger partial charge is 0.293 e. The lowest BCUT2D eigenvalue weighted by atomic mass is 9.84. The highest BCUT2D eigenvalue weighted by molar-refractivity contribution is 5.81. The van der Waals surface area contributed by atoms with Crippen LogP contribution in [0.4, 0.5) is 0 Å². The van der Waals surface area contributed by atoms with Crippen LogP contribution in [-0.2, 0) is 4.79 Å². The van der Waals surface area contributed by atoms with Gasteiger partial charge in [0.2, 0.25) is 0 Å². The summed E-state index contributed by atoms with van der Waals surface area (Å²) in [6.07, 6.45) is 5.89. The van der Waals surface area contributed by atoms with E-state index in [1.807, 2.05) is 0 Å². The third-order valence-corrected chi connectivity index (χ3v) is 3.57. The smallest absolute Gasteiger partial charge is 0.251 e. The fourth-order valence-electron chi connectivity index (χ4n) is 2.33. The van der Waals surface area contributed by atoms with Gasteiger partial charge in [0.15, 0.2) is 0 Å². The van der Waals surface area contributed by atoms with E-state index in [9.17, 15) is 4.79 Å². The van der Waals surface area contributed by atoms with Crippen molar-refractivity contribution in [1.82, 2.24) is 10.3 Å². The summed E-state index contributed by atoms with van der Waals surface area (Å²) >= 11 is 0. The molecule has 0 aliphatic heterocycles. The SMILES string of the molecule is CCCC(C(=O)NN)N(CC)CC1CCC1. The van der Waals surface area contributed by atoms with Crippen molar-refractivity contribution in [1.29, 1.82) is 0 Å². The highest BCUT2D eigenvalue weighted by atomic mass is 16.2. The Bertz CT molecular complexity index is 216. The normalized spacial score (nSPS) is 18.2. The van der Waals surface area contributed by atoms with Crippen molar-refractivity contribution in [2.75, 3.05) is 13.1 Å². The van der Waals surface area contributed by atoms with Gasteiger partial charge in [-0.25, -0.2) is 5.84 Å². The number of nitrogens with zero attached hydrogens (tertiary/aromatic N) is 1. The van der Waals surface area contributed by atoms with Crippen LogP contribution < -0.4 is 11.3 Å². The zero-order chi connectivity index (χ0) is 12.0. The van der Waals surface area contributed by atoms with Crippen LogP contribution in [0.3, 0.4) is 0 Å². The summed E-state index contributed by atoms with van der Waals surface area (Å²) in [6, 6.07) is -0.0411. The van der Waals surface area contributed by atoms with Crippen LogP contribution >= 0.6 is 0 Å². The number of hydrazine groups is 1. The van der Waals surface area contributed by atoms with Crippen LogP contribution in [0.5, 0.6) is 0 Å².